The molecule has 1 saturated carbocycles. The van der Waals surface area contributed by atoms with Crippen molar-refractivity contribution < 1.29 is 29.0 Å². The number of nitrogens with one attached hydrogen (secondary N) is 2. The maximum Gasteiger partial charge on any atom is 0.260 e. The number of phenols is 1. The van der Waals surface area contributed by atoms with E-state index >= 15 is 0 Å². The van der Waals surface area contributed by atoms with Gasteiger partial charge in [-0.15, -0.1) is 0 Å². The van der Waals surface area contributed by atoms with E-state index in [9.17, 15) is 24.3 Å². The molecule has 4 aliphatic rings. The molecule has 2 aliphatic heterocycles. The Balaban J connectivity index is 1.49. The van der Waals surface area contributed by atoms with Gasteiger partial charge in [0.25, 0.3) is 11.8 Å². The number of phenolic OH excluding ortho intramolecular Hbond substituents is 1. The third kappa shape index (κ3) is 3.77. The molecule has 7 rings (SSSR count). The number of aryl methyl sites for hydroxylation is 1. The summed E-state index contributed by atoms with van der Waals surface area (Å²) in [7, 11) is 1.45. The Hall–Kier alpha value is -4.92. The van der Waals surface area contributed by atoms with Crippen molar-refractivity contribution in [3.8, 4) is 11.5 Å². The number of carbonyl (C=O) groups excluding carboxylic acids is 4. The lowest BCUT2D eigenvalue weighted by molar-refractivity contribution is -0.138. The number of imide groups is 2. The Bertz CT molecular complexity index is 1700. The number of fused-ring (bicyclic) bond motifs is 4. The van der Waals surface area contributed by atoms with E-state index in [2.05, 4.69) is 10.7 Å². The summed E-state index contributed by atoms with van der Waals surface area (Å²) in [4.78, 5) is 55.4. The molecule has 9 nitrogen and oxygen atoms in total. The first-order valence-electron chi connectivity index (χ1n) is 14.4. The minimum Gasteiger partial charge on any atom is -0.504 e. The fraction of sp³-hybridized carbons (Fsp3) is 0.294. The van der Waals surface area contributed by atoms with Gasteiger partial charge in [-0.2, -0.15) is 5.01 Å². The highest BCUT2D eigenvalue weighted by atomic mass is 16.5. The van der Waals surface area contributed by atoms with Crippen LogP contribution in [0.3, 0.4) is 0 Å². The van der Waals surface area contributed by atoms with E-state index < -0.39 is 46.8 Å². The fourth-order valence-electron chi connectivity index (χ4n) is 7.94. The number of aromatic hydroxyl groups is 1. The Labute approximate surface area is 248 Å². The van der Waals surface area contributed by atoms with E-state index in [1.54, 1.807) is 30.3 Å². The van der Waals surface area contributed by atoms with Crippen molar-refractivity contribution in [2.75, 3.05) is 12.5 Å². The Morgan fingerprint density at radius 2 is 1.67 bits per heavy atom. The predicted molar refractivity (Wildman–Crippen MR) is 157 cm³/mol. The maximum atomic E-state index is 15.0. The van der Waals surface area contributed by atoms with E-state index in [0.717, 1.165) is 16.1 Å². The molecule has 3 aromatic carbocycles. The fourth-order valence-corrected chi connectivity index (χ4v) is 7.94. The lowest BCUT2D eigenvalue weighted by Gasteiger charge is -2.50. The third-order valence-electron chi connectivity index (χ3n) is 9.80. The second kappa shape index (κ2) is 9.83. The van der Waals surface area contributed by atoms with Gasteiger partial charge in [0.2, 0.25) is 11.8 Å². The van der Waals surface area contributed by atoms with Gasteiger partial charge in [-0.3, -0.25) is 29.9 Å². The van der Waals surface area contributed by atoms with Crippen molar-refractivity contribution in [1.82, 2.24) is 10.3 Å². The van der Waals surface area contributed by atoms with Gasteiger partial charge >= 0.3 is 0 Å². The number of amides is 4. The van der Waals surface area contributed by atoms with Crippen LogP contribution >= 0.6 is 0 Å². The molecule has 2 saturated heterocycles. The molecule has 43 heavy (non-hydrogen) atoms. The molecule has 9 heteroatoms. The normalized spacial score (nSPS) is 29.4. The number of ether oxygens (including phenoxy) is 1. The van der Waals surface area contributed by atoms with Gasteiger partial charge in [-0.25, -0.2) is 0 Å². The quantitative estimate of drug-likeness (QED) is 0.310. The second-order valence-electron chi connectivity index (χ2n) is 11.8. The van der Waals surface area contributed by atoms with Crippen LogP contribution in [0.2, 0.25) is 0 Å². The van der Waals surface area contributed by atoms with Crippen LogP contribution in [0, 0.1) is 30.6 Å². The van der Waals surface area contributed by atoms with Gasteiger partial charge in [0, 0.05) is 11.5 Å². The van der Waals surface area contributed by atoms with Crippen LogP contribution in [0.25, 0.3) is 0 Å². The van der Waals surface area contributed by atoms with E-state index in [1.165, 1.54) is 7.11 Å². The molecular formula is C34H31N3O6. The molecule has 0 unspecified atom stereocenters. The van der Waals surface area contributed by atoms with Crippen molar-refractivity contribution >= 4 is 29.3 Å². The summed E-state index contributed by atoms with van der Waals surface area (Å²) in [5.41, 5.74) is 5.05. The van der Waals surface area contributed by atoms with Gasteiger partial charge in [0.15, 0.2) is 11.5 Å². The summed E-state index contributed by atoms with van der Waals surface area (Å²) < 4.78 is 5.47. The van der Waals surface area contributed by atoms with Gasteiger partial charge in [-0.05, 0) is 49.4 Å². The molecule has 218 valence electrons. The molecule has 0 bridgehead atoms. The summed E-state index contributed by atoms with van der Waals surface area (Å²) in [6, 6.07) is 21.7. The smallest absolute Gasteiger partial charge is 0.260 e. The van der Waals surface area contributed by atoms with Gasteiger partial charge in [-0.1, -0.05) is 71.8 Å². The van der Waals surface area contributed by atoms with Crippen LogP contribution in [-0.2, 0) is 24.6 Å². The number of para-hydroxylation sites is 1. The standard InChI is InChI=1S/C34H31N3O6/c1-18-11-13-20(14-12-18)36-37-32(41)25-17-24-21(15-16-22-27(24)31(40)35-30(22)39)28(23-9-6-10-26(43-2)29(23)38)34(25,33(37)42)19-7-4-3-5-8-19/h3-15,22,24-25,27-28,36,38H,16-17H2,1-2H3,(H,35,39,40)/t22-,24+,25-,27-,28+,34+/m0/s1. The zero-order valence-electron chi connectivity index (χ0n) is 23.7. The Kier molecular flexibility index (Phi) is 6.16. The Morgan fingerprint density at radius 1 is 0.930 bits per heavy atom. The van der Waals surface area contributed by atoms with Crippen LogP contribution in [0.5, 0.6) is 11.5 Å². The maximum absolute atomic E-state index is 15.0. The third-order valence-corrected chi connectivity index (χ3v) is 9.80. The monoisotopic (exact) mass is 577 g/mol. The van der Waals surface area contributed by atoms with Crippen LogP contribution in [0.1, 0.15) is 35.4 Å². The minimum absolute atomic E-state index is 0.134. The molecule has 4 amide bonds. The summed E-state index contributed by atoms with van der Waals surface area (Å²) in [6.45, 7) is 1.95. The topological polar surface area (TPSA) is 125 Å². The summed E-state index contributed by atoms with van der Waals surface area (Å²) in [5.74, 6) is -4.86. The zero-order chi connectivity index (χ0) is 30.0. The van der Waals surface area contributed by atoms with E-state index in [-0.39, 0.29) is 29.7 Å². The SMILES string of the molecule is COc1cccc([C@H]2C3=CC[C@@H]4C(=O)NC(=O)[C@@H]4[C@@H]3C[C@H]3C(=O)N(Nc4ccc(C)cc4)C(=O)[C@@]23c2ccccc2)c1O. The van der Waals surface area contributed by atoms with Crippen molar-refractivity contribution in [2.45, 2.75) is 31.1 Å². The highest BCUT2D eigenvalue weighted by Gasteiger charge is 2.70. The molecule has 0 spiro atoms. The number of methoxy groups -OCH3 is 1. The Morgan fingerprint density at radius 3 is 2.40 bits per heavy atom. The van der Waals surface area contributed by atoms with Crippen molar-refractivity contribution in [2.24, 2.45) is 23.7 Å². The number of hydrogen-bond donors (Lipinski definition) is 3. The van der Waals surface area contributed by atoms with E-state index in [1.807, 2.05) is 55.5 Å². The molecular weight excluding hydrogens is 546 g/mol. The first kappa shape index (κ1) is 26.9. The molecule has 3 fully saturated rings. The largest absolute Gasteiger partial charge is 0.504 e. The zero-order valence-corrected chi connectivity index (χ0v) is 23.7. The molecule has 0 aromatic heterocycles. The molecule has 2 aliphatic carbocycles. The summed E-state index contributed by atoms with van der Waals surface area (Å²) >= 11 is 0. The lowest BCUT2D eigenvalue weighted by atomic mass is 9.49. The number of hydrogen-bond acceptors (Lipinski definition) is 7. The molecule has 6 atom stereocenters. The van der Waals surface area contributed by atoms with Crippen molar-refractivity contribution in [3.05, 3.63) is 101 Å². The van der Waals surface area contributed by atoms with Gasteiger partial charge < -0.3 is 9.84 Å². The average Bonchev–Trinajstić information content (AvgIpc) is 3.43. The first-order valence-corrected chi connectivity index (χ1v) is 14.4. The van der Waals surface area contributed by atoms with Gasteiger partial charge in [0.1, 0.15) is 0 Å². The highest BCUT2D eigenvalue weighted by Crippen LogP contribution is 2.64. The second-order valence-corrected chi connectivity index (χ2v) is 11.8. The molecule has 2 heterocycles. The minimum atomic E-state index is -1.45. The van der Waals surface area contributed by atoms with Gasteiger partial charge in [0.05, 0.1) is 36.0 Å². The first-order chi connectivity index (χ1) is 20.8. The molecule has 3 N–H and O–H groups in total. The number of rotatable bonds is 5. The average molecular weight is 578 g/mol. The highest BCUT2D eigenvalue weighted by molar-refractivity contribution is 6.13. The number of nitrogens with zero attached hydrogens (tertiary/aromatic N) is 1. The van der Waals surface area contributed by atoms with E-state index in [4.69, 9.17) is 4.74 Å². The van der Waals surface area contributed by atoms with Crippen LogP contribution < -0.4 is 15.5 Å². The summed E-state index contributed by atoms with van der Waals surface area (Å²) in [5, 5.41) is 15.1. The summed E-state index contributed by atoms with van der Waals surface area (Å²) in [6.07, 6.45) is 2.46. The van der Waals surface area contributed by atoms with Crippen LogP contribution in [0.4, 0.5) is 5.69 Å². The van der Waals surface area contributed by atoms with Crippen molar-refractivity contribution in [3.63, 3.8) is 0 Å². The number of benzene rings is 3. The number of allylic oxidation sites excluding steroid dienone is 2. The molecule has 3 aromatic rings. The lowest BCUT2D eigenvalue weighted by Crippen LogP contribution is -2.53. The number of carbonyl (C=O) groups is 4. The molecule has 0 radical (unpaired) electrons. The number of anilines is 1. The van der Waals surface area contributed by atoms with Crippen molar-refractivity contribution in [1.29, 1.82) is 0 Å². The predicted octanol–water partition coefficient (Wildman–Crippen LogP) is 3.98. The van der Waals surface area contributed by atoms with Crippen LogP contribution in [0.15, 0.2) is 84.4 Å². The number of hydrazine groups is 1. The van der Waals surface area contributed by atoms with E-state index in [0.29, 0.717) is 23.2 Å². The van der Waals surface area contributed by atoms with Crippen LogP contribution in [-0.4, -0.2) is 40.9 Å².